The number of ether oxygens (including phenoxy) is 1. The molecule has 0 aromatic heterocycles. The molecular formula is C12H20O3. The summed E-state index contributed by atoms with van der Waals surface area (Å²) in [6.45, 7) is 10.1. The average molecular weight is 212 g/mol. The van der Waals surface area contributed by atoms with Gasteiger partial charge in [0.05, 0.1) is 5.60 Å². The number of carbonyl (C=O) groups excluding carboxylic acids is 1. The highest BCUT2D eigenvalue weighted by Crippen LogP contribution is 2.18. The second-order valence-corrected chi connectivity index (χ2v) is 4.37. The van der Waals surface area contributed by atoms with E-state index in [-0.39, 0.29) is 5.97 Å². The monoisotopic (exact) mass is 212 g/mol. The fourth-order valence-electron chi connectivity index (χ4n) is 1.08. The molecule has 0 aromatic rings. The van der Waals surface area contributed by atoms with Gasteiger partial charge in [-0.05, 0) is 26.8 Å². The number of hydrogen-bond acceptors (Lipinski definition) is 3. The van der Waals surface area contributed by atoms with Gasteiger partial charge in [-0.15, -0.1) is 0 Å². The summed E-state index contributed by atoms with van der Waals surface area (Å²) in [5.41, 5.74) is -1.55. The first-order valence-corrected chi connectivity index (χ1v) is 4.92. The lowest BCUT2D eigenvalue weighted by atomic mass is 10.00. The molecule has 1 N–H and O–H groups in total. The molecule has 0 aromatic carbocycles. The van der Waals surface area contributed by atoms with Gasteiger partial charge >= 0.3 is 5.97 Å². The van der Waals surface area contributed by atoms with E-state index in [4.69, 9.17) is 4.74 Å². The molecule has 0 saturated carbocycles. The molecule has 0 heterocycles. The zero-order valence-electron chi connectivity index (χ0n) is 9.91. The fraction of sp³-hybridized carbons (Fsp3) is 0.583. The van der Waals surface area contributed by atoms with Crippen molar-refractivity contribution in [3.8, 4) is 0 Å². The summed E-state index contributed by atoms with van der Waals surface area (Å²) in [6, 6.07) is 0. The Kier molecular flexibility index (Phi) is 4.75. The molecule has 3 nitrogen and oxygen atoms in total. The van der Waals surface area contributed by atoms with Crippen LogP contribution in [-0.2, 0) is 9.53 Å². The van der Waals surface area contributed by atoms with Crippen molar-refractivity contribution in [3.05, 3.63) is 24.8 Å². The van der Waals surface area contributed by atoms with Gasteiger partial charge in [-0.1, -0.05) is 18.7 Å². The standard InChI is InChI=1S/C12H20O3/c1-6-12(5,15-10(2)13)9-7-8-11(3,4)14/h6-8,14H,1,9H2,2-5H3. The van der Waals surface area contributed by atoms with Gasteiger partial charge in [0.15, 0.2) is 0 Å². The van der Waals surface area contributed by atoms with Gasteiger partial charge < -0.3 is 9.84 Å². The van der Waals surface area contributed by atoms with Crippen LogP contribution < -0.4 is 0 Å². The Morgan fingerprint density at radius 1 is 1.47 bits per heavy atom. The highest BCUT2D eigenvalue weighted by Gasteiger charge is 2.22. The van der Waals surface area contributed by atoms with Crippen LogP contribution in [0.3, 0.4) is 0 Å². The van der Waals surface area contributed by atoms with Crippen molar-refractivity contribution in [1.82, 2.24) is 0 Å². The summed E-state index contributed by atoms with van der Waals surface area (Å²) in [5, 5.41) is 9.45. The van der Waals surface area contributed by atoms with Crippen LogP contribution in [0.2, 0.25) is 0 Å². The molecule has 86 valence electrons. The maximum atomic E-state index is 10.8. The van der Waals surface area contributed by atoms with E-state index in [2.05, 4.69) is 6.58 Å². The molecule has 1 atom stereocenters. The predicted octanol–water partition coefficient (Wildman–Crippen LogP) is 2.21. The summed E-state index contributed by atoms with van der Waals surface area (Å²) < 4.78 is 5.11. The summed E-state index contributed by atoms with van der Waals surface area (Å²) >= 11 is 0. The maximum absolute atomic E-state index is 10.8. The van der Waals surface area contributed by atoms with Crippen LogP contribution in [0.5, 0.6) is 0 Å². The molecule has 0 spiro atoms. The van der Waals surface area contributed by atoms with Gasteiger partial charge in [0, 0.05) is 13.3 Å². The zero-order valence-corrected chi connectivity index (χ0v) is 9.91. The average Bonchev–Trinajstić information content (AvgIpc) is 2.00. The Bertz CT molecular complexity index is 261. The number of hydrogen-bond donors (Lipinski definition) is 1. The quantitative estimate of drug-likeness (QED) is 0.561. The summed E-state index contributed by atoms with van der Waals surface area (Å²) in [4.78, 5) is 10.8. The topological polar surface area (TPSA) is 46.5 Å². The van der Waals surface area contributed by atoms with Crippen LogP contribution in [0.25, 0.3) is 0 Å². The Morgan fingerprint density at radius 2 is 2.00 bits per heavy atom. The molecule has 0 amide bonds. The van der Waals surface area contributed by atoms with Crippen LogP contribution >= 0.6 is 0 Å². The first-order chi connectivity index (χ1) is 6.68. The van der Waals surface area contributed by atoms with Crippen molar-refractivity contribution in [1.29, 1.82) is 0 Å². The van der Waals surface area contributed by atoms with E-state index in [1.54, 1.807) is 39.0 Å². The number of esters is 1. The Labute approximate surface area is 91.4 Å². The molecular weight excluding hydrogens is 192 g/mol. The fourth-order valence-corrected chi connectivity index (χ4v) is 1.08. The molecule has 15 heavy (non-hydrogen) atoms. The van der Waals surface area contributed by atoms with Gasteiger partial charge in [0.25, 0.3) is 0 Å². The van der Waals surface area contributed by atoms with Crippen LogP contribution in [-0.4, -0.2) is 22.3 Å². The third-order valence-electron chi connectivity index (χ3n) is 1.86. The van der Waals surface area contributed by atoms with E-state index in [0.29, 0.717) is 6.42 Å². The normalized spacial score (nSPS) is 16.1. The van der Waals surface area contributed by atoms with E-state index in [0.717, 1.165) is 0 Å². The van der Waals surface area contributed by atoms with E-state index < -0.39 is 11.2 Å². The van der Waals surface area contributed by atoms with Gasteiger partial charge in [0.2, 0.25) is 0 Å². The minimum atomic E-state index is -0.849. The minimum Gasteiger partial charge on any atom is -0.455 e. The van der Waals surface area contributed by atoms with Crippen molar-refractivity contribution in [2.24, 2.45) is 0 Å². The molecule has 0 fully saturated rings. The lowest BCUT2D eigenvalue weighted by Crippen LogP contribution is -2.27. The predicted molar refractivity (Wildman–Crippen MR) is 60.4 cm³/mol. The Hall–Kier alpha value is -1.09. The molecule has 0 rings (SSSR count). The van der Waals surface area contributed by atoms with Gasteiger partial charge in [-0.25, -0.2) is 0 Å². The lowest BCUT2D eigenvalue weighted by molar-refractivity contribution is -0.150. The molecule has 0 aliphatic carbocycles. The lowest BCUT2D eigenvalue weighted by Gasteiger charge is -2.24. The highest BCUT2D eigenvalue weighted by molar-refractivity contribution is 5.66. The smallest absolute Gasteiger partial charge is 0.303 e. The third kappa shape index (κ3) is 6.91. The van der Waals surface area contributed by atoms with Crippen molar-refractivity contribution in [2.45, 2.75) is 45.3 Å². The number of rotatable bonds is 5. The molecule has 0 saturated heterocycles. The van der Waals surface area contributed by atoms with Crippen LogP contribution in [0, 0.1) is 0 Å². The molecule has 0 radical (unpaired) electrons. The Morgan fingerprint density at radius 3 is 2.33 bits per heavy atom. The minimum absolute atomic E-state index is 0.339. The highest BCUT2D eigenvalue weighted by atomic mass is 16.6. The summed E-state index contributed by atoms with van der Waals surface area (Å²) in [5.74, 6) is -0.339. The van der Waals surface area contributed by atoms with E-state index >= 15 is 0 Å². The second kappa shape index (κ2) is 5.12. The molecule has 3 heteroatoms. The maximum Gasteiger partial charge on any atom is 0.303 e. The van der Waals surface area contributed by atoms with Crippen molar-refractivity contribution in [3.63, 3.8) is 0 Å². The molecule has 0 bridgehead atoms. The molecule has 1 unspecified atom stereocenters. The van der Waals surface area contributed by atoms with Gasteiger partial charge in [0.1, 0.15) is 5.60 Å². The van der Waals surface area contributed by atoms with Crippen LogP contribution in [0.15, 0.2) is 24.8 Å². The second-order valence-electron chi connectivity index (χ2n) is 4.37. The van der Waals surface area contributed by atoms with Crippen LogP contribution in [0.4, 0.5) is 0 Å². The van der Waals surface area contributed by atoms with Crippen molar-refractivity contribution in [2.75, 3.05) is 0 Å². The van der Waals surface area contributed by atoms with E-state index in [1.165, 1.54) is 6.92 Å². The van der Waals surface area contributed by atoms with E-state index in [1.807, 2.05) is 0 Å². The van der Waals surface area contributed by atoms with E-state index in [9.17, 15) is 9.90 Å². The Balaban J connectivity index is 4.39. The first-order valence-electron chi connectivity index (χ1n) is 4.92. The number of carbonyl (C=O) groups is 1. The van der Waals surface area contributed by atoms with Crippen LogP contribution in [0.1, 0.15) is 34.1 Å². The first kappa shape index (κ1) is 13.9. The molecule has 0 aliphatic heterocycles. The van der Waals surface area contributed by atoms with Crippen molar-refractivity contribution < 1.29 is 14.6 Å². The molecule has 0 aliphatic rings. The third-order valence-corrected chi connectivity index (χ3v) is 1.86. The summed E-state index contributed by atoms with van der Waals surface area (Å²) in [6.07, 6.45) is 5.53. The summed E-state index contributed by atoms with van der Waals surface area (Å²) in [7, 11) is 0. The largest absolute Gasteiger partial charge is 0.455 e. The number of aliphatic hydroxyl groups is 1. The van der Waals surface area contributed by atoms with Crippen molar-refractivity contribution >= 4 is 5.97 Å². The SMILES string of the molecule is C=CC(C)(CC=CC(C)(C)O)OC(C)=O. The zero-order chi connectivity index (χ0) is 12.1. The van der Waals surface area contributed by atoms with Gasteiger partial charge in [-0.2, -0.15) is 0 Å². The van der Waals surface area contributed by atoms with Gasteiger partial charge in [-0.3, -0.25) is 4.79 Å².